The monoisotopic (exact) mass is 226 g/mol. The summed E-state index contributed by atoms with van der Waals surface area (Å²) >= 11 is 0. The van der Waals surface area contributed by atoms with E-state index >= 15 is 0 Å². The summed E-state index contributed by atoms with van der Waals surface area (Å²) in [5, 5.41) is 3.68. The molecule has 1 aliphatic carbocycles. The van der Waals surface area contributed by atoms with Crippen molar-refractivity contribution in [1.82, 2.24) is 10.2 Å². The summed E-state index contributed by atoms with van der Waals surface area (Å²) in [7, 11) is 2.30. The van der Waals surface area contributed by atoms with Crippen LogP contribution in [0.2, 0.25) is 0 Å². The van der Waals surface area contributed by atoms with Crippen LogP contribution in [0, 0.1) is 5.92 Å². The highest BCUT2D eigenvalue weighted by atomic mass is 15.2. The molecular weight excluding hydrogens is 196 g/mol. The van der Waals surface area contributed by atoms with Gasteiger partial charge in [0.2, 0.25) is 0 Å². The van der Waals surface area contributed by atoms with Gasteiger partial charge in [-0.05, 0) is 51.7 Å². The molecule has 0 aromatic heterocycles. The van der Waals surface area contributed by atoms with Crippen molar-refractivity contribution in [3.05, 3.63) is 0 Å². The number of nitrogens with zero attached hydrogens (tertiary/aromatic N) is 1. The standard InChI is InChI=1S/C14H30N2/c1-5-10-16(4)14-11-12(6-2)8-9-13(14)15-7-3/h12-15H,5-11H2,1-4H3. The lowest BCUT2D eigenvalue weighted by Crippen LogP contribution is -2.52. The molecule has 0 aliphatic heterocycles. The predicted molar refractivity (Wildman–Crippen MR) is 71.8 cm³/mol. The van der Waals surface area contributed by atoms with Crippen LogP contribution in [0.15, 0.2) is 0 Å². The fourth-order valence-electron chi connectivity index (χ4n) is 3.11. The Kier molecular flexibility index (Phi) is 6.37. The highest BCUT2D eigenvalue weighted by molar-refractivity contribution is 4.89. The van der Waals surface area contributed by atoms with Gasteiger partial charge in [0.25, 0.3) is 0 Å². The number of hydrogen-bond acceptors (Lipinski definition) is 2. The van der Waals surface area contributed by atoms with Crippen LogP contribution in [-0.4, -0.2) is 37.1 Å². The van der Waals surface area contributed by atoms with Crippen LogP contribution in [-0.2, 0) is 0 Å². The van der Waals surface area contributed by atoms with E-state index in [-0.39, 0.29) is 0 Å². The number of rotatable bonds is 6. The Morgan fingerprint density at radius 2 is 1.94 bits per heavy atom. The third-order valence-corrected chi connectivity index (χ3v) is 4.11. The molecule has 96 valence electrons. The SMILES string of the molecule is CCCN(C)C1CC(CC)CCC1NCC. The van der Waals surface area contributed by atoms with Gasteiger partial charge in [-0.2, -0.15) is 0 Å². The normalized spacial score (nSPS) is 30.9. The van der Waals surface area contributed by atoms with Crippen LogP contribution in [0.25, 0.3) is 0 Å². The highest BCUT2D eigenvalue weighted by Crippen LogP contribution is 2.29. The maximum absolute atomic E-state index is 3.68. The molecule has 3 atom stereocenters. The van der Waals surface area contributed by atoms with E-state index in [0.717, 1.165) is 24.5 Å². The third-order valence-electron chi connectivity index (χ3n) is 4.11. The van der Waals surface area contributed by atoms with E-state index in [9.17, 15) is 0 Å². The minimum Gasteiger partial charge on any atom is -0.313 e. The smallest absolute Gasteiger partial charge is 0.0248 e. The Balaban J connectivity index is 2.55. The van der Waals surface area contributed by atoms with E-state index in [0.29, 0.717) is 0 Å². The van der Waals surface area contributed by atoms with Gasteiger partial charge in [-0.15, -0.1) is 0 Å². The number of nitrogens with one attached hydrogen (secondary N) is 1. The van der Waals surface area contributed by atoms with Gasteiger partial charge in [0, 0.05) is 12.1 Å². The molecule has 3 unspecified atom stereocenters. The highest BCUT2D eigenvalue weighted by Gasteiger charge is 2.31. The Labute approximate surface area is 102 Å². The number of hydrogen-bond donors (Lipinski definition) is 1. The van der Waals surface area contributed by atoms with Crippen molar-refractivity contribution in [2.45, 2.75) is 65.0 Å². The second kappa shape index (κ2) is 7.29. The zero-order valence-electron chi connectivity index (χ0n) is 11.6. The van der Waals surface area contributed by atoms with Gasteiger partial charge in [0.15, 0.2) is 0 Å². The largest absolute Gasteiger partial charge is 0.313 e. The molecule has 1 saturated carbocycles. The zero-order valence-corrected chi connectivity index (χ0v) is 11.6. The second-order valence-corrected chi connectivity index (χ2v) is 5.30. The van der Waals surface area contributed by atoms with Gasteiger partial charge in [0.1, 0.15) is 0 Å². The Bertz CT molecular complexity index is 182. The second-order valence-electron chi connectivity index (χ2n) is 5.30. The summed E-state index contributed by atoms with van der Waals surface area (Å²) < 4.78 is 0. The van der Waals surface area contributed by atoms with E-state index in [1.165, 1.54) is 38.6 Å². The van der Waals surface area contributed by atoms with Gasteiger partial charge in [0.05, 0.1) is 0 Å². The van der Waals surface area contributed by atoms with Crippen molar-refractivity contribution in [2.24, 2.45) is 5.92 Å². The van der Waals surface area contributed by atoms with Crippen LogP contribution in [0.4, 0.5) is 0 Å². The molecule has 0 aromatic rings. The average molecular weight is 226 g/mol. The van der Waals surface area contributed by atoms with Crippen molar-refractivity contribution in [3.8, 4) is 0 Å². The quantitative estimate of drug-likeness (QED) is 0.749. The molecule has 1 fully saturated rings. The van der Waals surface area contributed by atoms with Crippen molar-refractivity contribution in [1.29, 1.82) is 0 Å². The molecule has 2 heteroatoms. The van der Waals surface area contributed by atoms with Crippen molar-refractivity contribution < 1.29 is 0 Å². The van der Waals surface area contributed by atoms with Gasteiger partial charge < -0.3 is 10.2 Å². The first-order chi connectivity index (χ1) is 7.72. The summed E-state index contributed by atoms with van der Waals surface area (Å²) in [6, 6.07) is 1.49. The maximum Gasteiger partial charge on any atom is 0.0248 e. The Morgan fingerprint density at radius 1 is 1.19 bits per heavy atom. The molecule has 0 spiro atoms. The summed E-state index contributed by atoms with van der Waals surface area (Å²) in [6.07, 6.45) is 6.80. The van der Waals surface area contributed by atoms with Gasteiger partial charge in [-0.1, -0.05) is 27.2 Å². The first kappa shape index (κ1) is 14.0. The van der Waals surface area contributed by atoms with Crippen molar-refractivity contribution >= 4 is 0 Å². The minimum absolute atomic E-state index is 0.726. The Morgan fingerprint density at radius 3 is 2.50 bits per heavy atom. The summed E-state index contributed by atoms with van der Waals surface area (Å²) in [4.78, 5) is 2.58. The first-order valence-electron chi connectivity index (χ1n) is 7.16. The van der Waals surface area contributed by atoms with Gasteiger partial charge in [-0.3, -0.25) is 0 Å². The van der Waals surface area contributed by atoms with E-state index in [1.54, 1.807) is 0 Å². The molecule has 0 heterocycles. The van der Waals surface area contributed by atoms with Crippen LogP contribution in [0.3, 0.4) is 0 Å². The Hall–Kier alpha value is -0.0800. The lowest BCUT2D eigenvalue weighted by Gasteiger charge is -2.41. The molecule has 1 aliphatic rings. The predicted octanol–water partition coefficient (Wildman–Crippen LogP) is 2.89. The van der Waals surface area contributed by atoms with Crippen LogP contribution < -0.4 is 5.32 Å². The van der Waals surface area contributed by atoms with Crippen LogP contribution >= 0.6 is 0 Å². The summed E-state index contributed by atoms with van der Waals surface area (Å²) in [5.74, 6) is 0.958. The molecule has 1 N–H and O–H groups in total. The van der Waals surface area contributed by atoms with Crippen LogP contribution in [0.5, 0.6) is 0 Å². The minimum atomic E-state index is 0.726. The first-order valence-corrected chi connectivity index (χ1v) is 7.16. The molecule has 0 aromatic carbocycles. The molecular formula is C14H30N2. The van der Waals surface area contributed by atoms with Crippen LogP contribution in [0.1, 0.15) is 52.9 Å². The molecule has 0 amide bonds. The van der Waals surface area contributed by atoms with E-state index in [1.807, 2.05) is 0 Å². The molecule has 1 rings (SSSR count). The topological polar surface area (TPSA) is 15.3 Å². The summed E-state index contributed by atoms with van der Waals surface area (Å²) in [5.41, 5.74) is 0. The number of likely N-dealkylation sites (N-methyl/N-ethyl adjacent to an activating group) is 2. The third kappa shape index (κ3) is 3.74. The molecule has 0 bridgehead atoms. The van der Waals surface area contributed by atoms with E-state index in [4.69, 9.17) is 0 Å². The van der Waals surface area contributed by atoms with Crippen molar-refractivity contribution in [2.75, 3.05) is 20.1 Å². The van der Waals surface area contributed by atoms with E-state index < -0.39 is 0 Å². The molecule has 2 nitrogen and oxygen atoms in total. The van der Waals surface area contributed by atoms with E-state index in [2.05, 4.69) is 38.0 Å². The van der Waals surface area contributed by atoms with Gasteiger partial charge >= 0.3 is 0 Å². The fraction of sp³-hybridized carbons (Fsp3) is 1.00. The average Bonchev–Trinajstić information content (AvgIpc) is 2.30. The lowest BCUT2D eigenvalue weighted by atomic mass is 9.80. The lowest BCUT2D eigenvalue weighted by molar-refractivity contribution is 0.119. The molecule has 0 saturated heterocycles. The van der Waals surface area contributed by atoms with Crippen molar-refractivity contribution in [3.63, 3.8) is 0 Å². The zero-order chi connectivity index (χ0) is 12.0. The fourth-order valence-corrected chi connectivity index (χ4v) is 3.11. The summed E-state index contributed by atoms with van der Waals surface area (Å²) in [6.45, 7) is 9.19. The molecule has 16 heavy (non-hydrogen) atoms. The van der Waals surface area contributed by atoms with Gasteiger partial charge in [-0.25, -0.2) is 0 Å². The molecule has 0 radical (unpaired) electrons. The maximum atomic E-state index is 3.68.